The number of nitrogens with two attached hydrogens (primary N) is 1. The minimum absolute atomic E-state index is 0.0723. The topological polar surface area (TPSA) is 63.4 Å². The van der Waals surface area contributed by atoms with Crippen LogP contribution >= 0.6 is 15.9 Å². The number of nitrogens with zero attached hydrogens (tertiary/aromatic N) is 1. The van der Waals surface area contributed by atoms with Crippen molar-refractivity contribution in [3.63, 3.8) is 0 Å². The first-order valence-electron chi connectivity index (χ1n) is 7.38. The lowest BCUT2D eigenvalue weighted by Gasteiger charge is -2.33. The summed E-state index contributed by atoms with van der Waals surface area (Å²) in [5.74, 6) is -0.0965. The largest absolute Gasteiger partial charge is 0.369 e. The third kappa shape index (κ3) is 2.71. The number of piperidine rings is 1. The Labute approximate surface area is 132 Å². The summed E-state index contributed by atoms with van der Waals surface area (Å²) >= 11 is 3.43. The second-order valence-electron chi connectivity index (χ2n) is 6.06. The molecule has 4 nitrogen and oxygen atoms in total. The molecule has 2 N–H and O–H groups in total. The zero-order valence-corrected chi connectivity index (χ0v) is 13.4. The molecule has 2 amide bonds. The number of amides is 2. The van der Waals surface area contributed by atoms with Crippen molar-refractivity contribution in [3.05, 3.63) is 34.3 Å². The summed E-state index contributed by atoms with van der Waals surface area (Å²) in [6, 6.07) is 8.04. The van der Waals surface area contributed by atoms with Gasteiger partial charge in [0.15, 0.2) is 0 Å². The van der Waals surface area contributed by atoms with Gasteiger partial charge in [-0.2, -0.15) is 0 Å². The number of carbonyl (C=O) groups is 2. The molecular weight excluding hydrogens is 332 g/mol. The fourth-order valence-electron chi connectivity index (χ4n) is 3.19. The molecule has 0 bridgehead atoms. The molecular formula is C16H19BrN2O2. The first kappa shape index (κ1) is 14.6. The normalized spacial score (nSPS) is 21.1. The van der Waals surface area contributed by atoms with E-state index >= 15 is 0 Å². The van der Waals surface area contributed by atoms with Gasteiger partial charge in [0.2, 0.25) is 11.8 Å². The maximum atomic E-state index is 12.8. The molecule has 1 aromatic rings. The van der Waals surface area contributed by atoms with Gasteiger partial charge in [0.25, 0.3) is 0 Å². The molecule has 0 spiro atoms. The van der Waals surface area contributed by atoms with E-state index in [1.54, 1.807) is 0 Å². The first-order valence-corrected chi connectivity index (χ1v) is 8.17. The standard InChI is InChI=1S/C16H19BrN2O2/c17-13-3-1-12(2-4-13)16(7-8-16)15(21)19-9-5-11(6-10-19)14(18)20/h1-4,11H,5-10H2,(H2,18,20). The van der Waals surface area contributed by atoms with E-state index in [9.17, 15) is 9.59 Å². The van der Waals surface area contributed by atoms with Gasteiger partial charge < -0.3 is 10.6 Å². The van der Waals surface area contributed by atoms with Crippen LogP contribution in [0.5, 0.6) is 0 Å². The van der Waals surface area contributed by atoms with Crippen LogP contribution in [0.15, 0.2) is 28.7 Å². The maximum absolute atomic E-state index is 12.8. The third-order valence-corrected chi connectivity index (χ3v) is 5.27. The van der Waals surface area contributed by atoms with E-state index < -0.39 is 0 Å². The summed E-state index contributed by atoms with van der Waals surface area (Å²) < 4.78 is 1.02. The average molecular weight is 351 g/mol. The van der Waals surface area contributed by atoms with Gasteiger partial charge in [-0.05, 0) is 43.4 Å². The minimum atomic E-state index is -0.319. The van der Waals surface area contributed by atoms with Crippen LogP contribution in [-0.2, 0) is 15.0 Å². The fourth-order valence-corrected chi connectivity index (χ4v) is 3.45. The number of hydrogen-bond donors (Lipinski definition) is 1. The maximum Gasteiger partial charge on any atom is 0.233 e. The Morgan fingerprint density at radius 1 is 1.14 bits per heavy atom. The lowest BCUT2D eigenvalue weighted by Crippen LogP contribution is -2.45. The average Bonchev–Trinajstić information content (AvgIpc) is 3.29. The van der Waals surface area contributed by atoms with Gasteiger partial charge in [-0.3, -0.25) is 9.59 Å². The number of halogens is 1. The second-order valence-corrected chi connectivity index (χ2v) is 6.97. The Balaban J connectivity index is 1.71. The molecule has 1 aromatic carbocycles. The first-order chi connectivity index (χ1) is 10.0. The molecule has 0 atom stereocenters. The Kier molecular flexibility index (Phi) is 3.78. The highest BCUT2D eigenvalue weighted by molar-refractivity contribution is 9.10. The van der Waals surface area contributed by atoms with Gasteiger partial charge >= 0.3 is 0 Å². The lowest BCUT2D eigenvalue weighted by molar-refractivity contribution is -0.137. The van der Waals surface area contributed by atoms with Crippen molar-refractivity contribution in [2.45, 2.75) is 31.1 Å². The van der Waals surface area contributed by atoms with Crippen LogP contribution in [0.3, 0.4) is 0 Å². The van der Waals surface area contributed by atoms with Gasteiger partial charge in [0.1, 0.15) is 0 Å². The Morgan fingerprint density at radius 2 is 1.71 bits per heavy atom. The van der Waals surface area contributed by atoms with E-state index in [-0.39, 0.29) is 23.1 Å². The molecule has 2 fully saturated rings. The summed E-state index contributed by atoms with van der Waals surface area (Å²) in [5.41, 5.74) is 6.13. The molecule has 1 saturated heterocycles. The molecule has 0 radical (unpaired) electrons. The van der Waals surface area contributed by atoms with E-state index in [2.05, 4.69) is 15.9 Å². The number of hydrogen-bond acceptors (Lipinski definition) is 2. The van der Waals surface area contributed by atoms with Crippen LogP contribution in [0.2, 0.25) is 0 Å². The summed E-state index contributed by atoms with van der Waals surface area (Å²) in [7, 11) is 0. The number of carbonyl (C=O) groups excluding carboxylic acids is 2. The molecule has 2 aliphatic rings. The molecule has 0 unspecified atom stereocenters. The SMILES string of the molecule is NC(=O)C1CCN(C(=O)C2(c3ccc(Br)cc3)CC2)CC1. The highest BCUT2D eigenvalue weighted by atomic mass is 79.9. The summed E-state index contributed by atoms with van der Waals surface area (Å²) in [6.07, 6.45) is 3.22. The molecule has 1 saturated carbocycles. The van der Waals surface area contributed by atoms with E-state index in [1.165, 1.54) is 0 Å². The highest BCUT2D eigenvalue weighted by Gasteiger charge is 2.53. The Bertz CT molecular complexity index is 558. The minimum Gasteiger partial charge on any atom is -0.369 e. The molecule has 5 heteroatoms. The van der Waals surface area contributed by atoms with Crippen molar-refractivity contribution in [2.75, 3.05) is 13.1 Å². The van der Waals surface area contributed by atoms with E-state index in [4.69, 9.17) is 5.73 Å². The predicted octanol–water partition coefficient (Wildman–Crippen LogP) is 2.20. The smallest absolute Gasteiger partial charge is 0.233 e. The lowest BCUT2D eigenvalue weighted by atomic mass is 9.91. The van der Waals surface area contributed by atoms with E-state index in [0.717, 1.165) is 22.9 Å². The van der Waals surface area contributed by atoms with Crippen LogP contribution in [-0.4, -0.2) is 29.8 Å². The highest BCUT2D eigenvalue weighted by Crippen LogP contribution is 2.50. The van der Waals surface area contributed by atoms with Gasteiger partial charge in [0.05, 0.1) is 5.41 Å². The molecule has 112 valence electrons. The number of primary amides is 1. The van der Waals surface area contributed by atoms with Crippen LogP contribution in [0, 0.1) is 5.92 Å². The van der Waals surface area contributed by atoms with Gasteiger partial charge in [-0.1, -0.05) is 28.1 Å². The van der Waals surface area contributed by atoms with Crippen molar-refractivity contribution in [1.82, 2.24) is 4.90 Å². The zero-order valence-electron chi connectivity index (χ0n) is 11.8. The number of benzene rings is 1. The third-order valence-electron chi connectivity index (χ3n) is 4.74. The Hall–Kier alpha value is -1.36. The molecule has 1 heterocycles. The van der Waals surface area contributed by atoms with Crippen molar-refractivity contribution in [2.24, 2.45) is 11.7 Å². The predicted molar refractivity (Wildman–Crippen MR) is 83.6 cm³/mol. The van der Waals surface area contributed by atoms with Crippen LogP contribution in [0.4, 0.5) is 0 Å². The fraction of sp³-hybridized carbons (Fsp3) is 0.500. The quantitative estimate of drug-likeness (QED) is 0.908. The van der Waals surface area contributed by atoms with Crippen molar-refractivity contribution in [3.8, 4) is 0 Å². The van der Waals surface area contributed by atoms with E-state index in [0.29, 0.717) is 25.9 Å². The zero-order chi connectivity index (χ0) is 15.0. The summed E-state index contributed by atoms with van der Waals surface area (Å²) in [6.45, 7) is 1.29. The summed E-state index contributed by atoms with van der Waals surface area (Å²) in [5, 5.41) is 0. The molecule has 3 rings (SSSR count). The van der Waals surface area contributed by atoms with E-state index in [1.807, 2.05) is 29.2 Å². The Morgan fingerprint density at radius 3 is 2.19 bits per heavy atom. The van der Waals surface area contributed by atoms with Crippen LogP contribution in [0.25, 0.3) is 0 Å². The van der Waals surface area contributed by atoms with Gasteiger partial charge in [-0.15, -0.1) is 0 Å². The molecule has 21 heavy (non-hydrogen) atoms. The number of likely N-dealkylation sites (tertiary alicyclic amines) is 1. The molecule has 1 aliphatic heterocycles. The van der Waals surface area contributed by atoms with Crippen LogP contribution in [0.1, 0.15) is 31.2 Å². The monoisotopic (exact) mass is 350 g/mol. The summed E-state index contributed by atoms with van der Waals surface area (Å²) in [4.78, 5) is 26.0. The second kappa shape index (κ2) is 5.44. The van der Waals surface area contributed by atoms with Crippen molar-refractivity contribution >= 4 is 27.7 Å². The molecule has 0 aromatic heterocycles. The van der Waals surface area contributed by atoms with Gasteiger partial charge in [-0.25, -0.2) is 0 Å². The van der Waals surface area contributed by atoms with Crippen molar-refractivity contribution < 1.29 is 9.59 Å². The van der Waals surface area contributed by atoms with Gasteiger partial charge in [0, 0.05) is 23.5 Å². The number of rotatable bonds is 3. The van der Waals surface area contributed by atoms with Crippen molar-refractivity contribution in [1.29, 1.82) is 0 Å². The van der Waals surface area contributed by atoms with Crippen LogP contribution < -0.4 is 5.73 Å². The molecule has 1 aliphatic carbocycles.